The number of anilines is 1. The zero-order valence-electron chi connectivity index (χ0n) is 22.8. The Morgan fingerprint density at radius 1 is 1.29 bits per heavy atom. The second kappa shape index (κ2) is 11.1. The Morgan fingerprint density at radius 3 is 2.66 bits per heavy atom. The maximum Gasteiger partial charge on any atom is 0.459 e. The standard InChI is InChI=1S/C25H32FN6O8P/c1-5-36-21-16-20(29-24(27)30-21)32(12-28-16)22-17(33)25(11-26)18(38-22)19(25)40-41(35,39-15-9-7-6-8-10-15)31-14(4)23(34)37-13(2)3/h6-10,12-14,17-19,22,33H,5,11H2,1-4H3,(H,31,35)(H2,27,29,30)/t14-,17-,18+,19?,22+,25+,41-/m0/s1. The molecule has 3 heterocycles. The number of fused-ring (bicyclic) bond motifs is 2. The Balaban J connectivity index is 1.39. The monoisotopic (exact) mass is 594 g/mol. The number of carbonyl (C=O) groups is 1. The molecule has 5 rings (SSSR count). The average Bonchev–Trinajstić information content (AvgIpc) is 3.16. The first-order valence-electron chi connectivity index (χ1n) is 13.1. The number of rotatable bonds is 12. The van der Waals surface area contributed by atoms with Crippen molar-refractivity contribution in [2.45, 2.75) is 64.4 Å². The summed E-state index contributed by atoms with van der Waals surface area (Å²) in [5, 5.41) is 13.9. The van der Waals surface area contributed by atoms with Crippen molar-refractivity contribution >= 4 is 30.8 Å². The number of halogens is 1. The second-order valence-electron chi connectivity index (χ2n) is 10.0. The lowest BCUT2D eigenvalue weighted by Gasteiger charge is -2.28. The summed E-state index contributed by atoms with van der Waals surface area (Å²) < 4.78 is 58.3. The van der Waals surface area contributed by atoms with E-state index in [9.17, 15) is 18.9 Å². The second-order valence-corrected chi connectivity index (χ2v) is 11.7. The van der Waals surface area contributed by atoms with Gasteiger partial charge in [-0.25, -0.2) is 9.55 Å². The number of nitrogens with one attached hydrogen (secondary N) is 1. The molecule has 0 amide bonds. The molecule has 4 N–H and O–H groups in total. The zero-order chi connectivity index (χ0) is 29.5. The van der Waals surface area contributed by atoms with Crippen LogP contribution in [-0.2, 0) is 23.4 Å². The van der Waals surface area contributed by atoms with Crippen LogP contribution in [-0.4, -0.2) is 74.3 Å². The van der Waals surface area contributed by atoms with E-state index >= 15 is 0 Å². The van der Waals surface area contributed by atoms with E-state index in [1.54, 1.807) is 51.1 Å². The Bertz CT molecular complexity index is 1460. The van der Waals surface area contributed by atoms with Crippen molar-refractivity contribution in [2.24, 2.45) is 5.41 Å². The topological polar surface area (TPSA) is 182 Å². The van der Waals surface area contributed by atoms with Crippen molar-refractivity contribution in [3.8, 4) is 11.6 Å². The van der Waals surface area contributed by atoms with Crippen LogP contribution < -0.4 is 20.1 Å². The van der Waals surface area contributed by atoms with Crippen molar-refractivity contribution < 1.29 is 42.1 Å². The number of aromatic nitrogens is 4. The van der Waals surface area contributed by atoms with Crippen LogP contribution in [0.5, 0.6) is 11.6 Å². The number of nitrogens with zero attached hydrogens (tertiary/aromatic N) is 4. The van der Waals surface area contributed by atoms with Gasteiger partial charge in [0.25, 0.3) is 0 Å². The van der Waals surface area contributed by atoms with Crippen molar-refractivity contribution in [1.82, 2.24) is 24.6 Å². The summed E-state index contributed by atoms with van der Waals surface area (Å²) in [4.78, 5) is 24.9. The normalized spacial score (nSPS) is 27.3. The SMILES string of the molecule is CCOc1nc(N)nc2c1ncn2[C@@H]1O[C@@H]2C(O[P@](=O)(N[C@@H](C)C(=O)OC(C)C)Oc3ccccc3)[C@]2(CF)[C@H]1O. The van der Waals surface area contributed by atoms with Crippen LogP contribution >= 0.6 is 7.75 Å². The maximum atomic E-state index is 14.7. The van der Waals surface area contributed by atoms with E-state index in [-0.39, 0.29) is 28.7 Å². The molecular formula is C25H32FN6O8P. The summed E-state index contributed by atoms with van der Waals surface area (Å²) in [5.74, 6) is -0.438. The smallest absolute Gasteiger partial charge is 0.459 e. The van der Waals surface area contributed by atoms with Gasteiger partial charge in [-0.2, -0.15) is 15.1 Å². The van der Waals surface area contributed by atoms with E-state index in [0.29, 0.717) is 6.61 Å². The molecule has 0 bridgehead atoms. The number of imidazole rings is 1. The molecule has 14 nitrogen and oxygen atoms in total. The Kier molecular flexibility index (Phi) is 7.92. The van der Waals surface area contributed by atoms with E-state index in [2.05, 4.69) is 20.0 Å². The molecule has 2 aliphatic rings. The van der Waals surface area contributed by atoms with E-state index in [0.717, 1.165) is 0 Å². The molecule has 1 aliphatic carbocycles. The van der Waals surface area contributed by atoms with Crippen LogP contribution in [0.3, 0.4) is 0 Å². The van der Waals surface area contributed by atoms with Crippen molar-refractivity contribution in [2.75, 3.05) is 19.0 Å². The molecular weight excluding hydrogens is 562 g/mol. The first-order valence-corrected chi connectivity index (χ1v) is 14.6. The van der Waals surface area contributed by atoms with Gasteiger partial charge in [0.1, 0.15) is 36.8 Å². The lowest BCUT2D eigenvalue weighted by Crippen LogP contribution is -2.38. The highest BCUT2D eigenvalue weighted by Crippen LogP contribution is 2.66. The highest BCUT2D eigenvalue weighted by molar-refractivity contribution is 7.52. The van der Waals surface area contributed by atoms with Crippen LogP contribution in [0.1, 0.15) is 33.9 Å². The number of hydrogen-bond acceptors (Lipinski definition) is 12. The highest BCUT2D eigenvalue weighted by atomic mass is 31.2. The molecule has 16 heteroatoms. The number of esters is 1. The molecule has 1 saturated heterocycles. The summed E-state index contributed by atoms with van der Waals surface area (Å²) in [5.41, 5.74) is 4.76. The van der Waals surface area contributed by atoms with Gasteiger partial charge < -0.3 is 29.6 Å². The minimum Gasteiger partial charge on any atom is -0.476 e. The Hall–Kier alpha value is -3.36. The van der Waals surface area contributed by atoms with E-state index in [1.165, 1.54) is 17.8 Å². The largest absolute Gasteiger partial charge is 0.476 e. The number of para-hydroxylation sites is 1. The molecule has 1 saturated carbocycles. The third kappa shape index (κ3) is 5.35. The fraction of sp³-hybridized carbons (Fsp3) is 0.520. The molecule has 1 aromatic carbocycles. The zero-order valence-corrected chi connectivity index (χ0v) is 23.7. The number of carbonyl (C=O) groups excluding carboxylic acids is 1. The van der Waals surface area contributed by atoms with Crippen LogP contribution in [0, 0.1) is 5.41 Å². The Labute approximate surface area is 234 Å². The lowest BCUT2D eigenvalue weighted by molar-refractivity contribution is -0.149. The summed E-state index contributed by atoms with van der Waals surface area (Å²) >= 11 is 0. The van der Waals surface area contributed by atoms with E-state index in [4.69, 9.17) is 29.0 Å². The average molecular weight is 595 g/mol. The molecule has 41 heavy (non-hydrogen) atoms. The number of hydrogen-bond donors (Lipinski definition) is 3. The van der Waals surface area contributed by atoms with Crippen molar-refractivity contribution in [3.63, 3.8) is 0 Å². The predicted octanol–water partition coefficient (Wildman–Crippen LogP) is 2.54. The number of ether oxygens (including phenoxy) is 3. The van der Waals surface area contributed by atoms with Gasteiger partial charge in [-0.15, -0.1) is 0 Å². The van der Waals surface area contributed by atoms with Gasteiger partial charge >= 0.3 is 13.7 Å². The van der Waals surface area contributed by atoms with Crippen LogP contribution in [0.15, 0.2) is 36.7 Å². The molecule has 2 fully saturated rings. The van der Waals surface area contributed by atoms with Gasteiger partial charge in [-0.1, -0.05) is 18.2 Å². The summed E-state index contributed by atoms with van der Waals surface area (Å²) in [6.45, 7) is 5.79. The predicted molar refractivity (Wildman–Crippen MR) is 143 cm³/mol. The molecule has 3 aromatic rings. The molecule has 1 unspecified atom stereocenters. The minimum absolute atomic E-state index is 0.0862. The molecule has 7 atom stereocenters. The number of aliphatic hydroxyl groups is 1. The summed E-state index contributed by atoms with van der Waals surface area (Å²) in [7, 11) is -4.35. The number of nitrogen functional groups attached to an aromatic ring is 1. The van der Waals surface area contributed by atoms with Gasteiger partial charge in [-0.05, 0) is 39.8 Å². The number of nitrogens with two attached hydrogens (primary N) is 1. The fourth-order valence-electron chi connectivity index (χ4n) is 4.82. The molecule has 1 aliphatic heterocycles. The Morgan fingerprint density at radius 2 is 2.02 bits per heavy atom. The third-order valence-electron chi connectivity index (χ3n) is 6.80. The third-order valence-corrected chi connectivity index (χ3v) is 8.46. The molecule has 2 aromatic heterocycles. The van der Waals surface area contributed by atoms with Gasteiger partial charge in [0.15, 0.2) is 17.4 Å². The van der Waals surface area contributed by atoms with Crippen molar-refractivity contribution in [1.29, 1.82) is 0 Å². The minimum atomic E-state index is -4.35. The van der Waals surface area contributed by atoms with Crippen LogP contribution in [0.25, 0.3) is 11.2 Å². The van der Waals surface area contributed by atoms with E-state index < -0.39 is 62.5 Å². The molecule has 0 spiro atoms. The van der Waals surface area contributed by atoms with Gasteiger partial charge in [0.2, 0.25) is 11.8 Å². The van der Waals surface area contributed by atoms with Crippen molar-refractivity contribution in [3.05, 3.63) is 36.7 Å². The summed E-state index contributed by atoms with van der Waals surface area (Å²) in [6, 6.07) is 7.04. The number of benzene rings is 1. The fourth-order valence-corrected chi connectivity index (χ4v) is 6.56. The van der Waals surface area contributed by atoms with Crippen LogP contribution in [0.2, 0.25) is 0 Å². The lowest BCUT2D eigenvalue weighted by atomic mass is 10.0. The molecule has 222 valence electrons. The number of alkyl halides is 1. The maximum absolute atomic E-state index is 14.7. The van der Waals surface area contributed by atoms with E-state index in [1.807, 2.05) is 0 Å². The molecule has 0 radical (unpaired) electrons. The quantitative estimate of drug-likeness (QED) is 0.206. The first-order chi connectivity index (χ1) is 19.5. The highest BCUT2D eigenvalue weighted by Gasteiger charge is 2.79. The van der Waals surface area contributed by atoms with Gasteiger partial charge in [0, 0.05) is 0 Å². The number of aliphatic hydroxyl groups excluding tert-OH is 1. The van der Waals surface area contributed by atoms with Gasteiger partial charge in [-0.3, -0.25) is 18.3 Å². The first kappa shape index (κ1) is 29.1. The summed E-state index contributed by atoms with van der Waals surface area (Å²) in [6.07, 6.45) is -3.84. The van der Waals surface area contributed by atoms with Gasteiger partial charge in [0.05, 0.1) is 24.5 Å². The van der Waals surface area contributed by atoms with Crippen LogP contribution in [0.4, 0.5) is 10.3 Å².